The van der Waals surface area contributed by atoms with Gasteiger partial charge >= 0.3 is 0 Å². The molecule has 96 valence electrons. The van der Waals surface area contributed by atoms with Crippen molar-refractivity contribution in [3.63, 3.8) is 0 Å². The summed E-state index contributed by atoms with van der Waals surface area (Å²) < 4.78 is 5.44. The Hall–Kier alpha value is -0.120. The highest BCUT2D eigenvalue weighted by molar-refractivity contribution is 4.83. The summed E-state index contributed by atoms with van der Waals surface area (Å²) in [5, 5.41) is 3.69. The number of hydrogen-bond acceptors (Lipinski definition) is 3. The Balaban J connectivity index is 2.25. The van der Waals surface area contributed by atoms with Gasteiger partial charge in [0, 0.05) is 24.7 Å². The smallest absolute Gasteiger partial charge is 0.0616 e. The maximum atomic E-state index is 5.44. The second-order valence-electron chi connectivity index (χ2n) is 5.21. The van der Waals surface area contributed by atoms with Crippen LogP contribution in [-0.2, 0) is 4.74 Å². The lowest BCUT2D eigenvalue weighted by molar-refractivity contribution is 0.115. The number of rotatable bonds is 6. The Morgan fingerprint density at radius 2 is 2.12 bits per heavy atom. The number of hydrogen-bond donors (Lipinski definition) is 1. The van der Waals surface area contributed by atoms with Crippen LogP contribution in [0.3, 0.4) is 0 Å². The van der Waals surface area contributed by atoms with Gasteiger partial charge in [0.05, 0.1) is 6.61 Å². The van der Waals surface area contributed by atoms with E-state index in [-0.39, 0.29) is 0 Å². The summed E-state index contributed by atoms with van der Waals surface area (Å²) in [5.74, 6) is 0. The van der Waals surface area contributed by atoms with E-state index in [2.05, 4.69) is 38.2 Å². The first-order valence-corrected chi connectivity index (χ1v) is 6.63. The first kappa shape index (κ1) is 13.9. The molecule has 1 saturated carbocycles. The van der Waals surface area contributed by atoms with Gasteiger partial charge in [0.2, 0.25) is 0 Å². The molecule has 3 nitrogen and oxygen atoms in total. The highest BCUT2D eigenvalue weighted by Gasteiger charge is 2.23. The zero-order valence-corrected chi connectivity index (χ0v) is 11.3. The highest BCUT2D eigenvalue weighted by atomic mass is 16.5. The van der Waals surface area contributed by atoms with Gasteiger partial charge in [0.1, 0.15) is 0 Å². The van der Waals surface area contributed by atoms with Crippen molar-refractivity contribution in [3.8, 4) is 0 Å². The number of nitrogens with one attached hydrogen (secondary N) is 1. The van der Waals surface area contributed by atoms with E-state index in [1.165, 1.54) is 25.7 Å². The molecule has 1 fully saturated rings. The molecular formula is C13H28N2O. The minimum atomic E-state index is 0.478. The average molecular weight is 228 g/mol. The van der Waals surface area contributed by atoms with Gasteiger partial charge in [-0.05, 0) is 47.2 Å². The molecule has 16 heavy (non-hydrogen) atoms. The van der Waals surface area contributed by atoms with Crippen LogP contribution in [0, 0.1) is 0 Å². The fourth-order valence-electron chi connectivity index (χ4n) is 2.53. The minimum absolute atomic E-state index is 0.478. The predicted octanol–water partition coefficient (Wildman–Crippen LogP) is 1.87. The van der Waals surface area contributed by atoms with Gasteiger partial charge in [0.25, 0.3) is 0 Å². The van der Waals surface area contributed by atoms with Crippen LogP contribution in [0.5, 0.6) is 0 Å². The van der Waals surface area contributed by atoms with Crippen molar-refractivity contribution in [1.82, 2.24) is 10.2 Å². The van der Waals surface area contributed by atoms with Crippen LogP contribution in [0.1, 0.15) is 39.5 Å². The third-order valence-electron chi connectivity index (χ3n) is 3.47. The van der Waals surface area contributed by atoms with Crippen LogP contribution in [0.15, 0.2) is 0 Å². The van der Waals surface area contributed by atoms with Gasteiger partial charge in [-0.2, -0.15) is 0 Å². The topological polar surface area (TPSA) is 24.5 Å². The minimum Gasteiger partial charge on any atom is -0.380 e. The second-order valence-corrected chi connectivity index (χ2v) is 5.21. The van der Waals surface area contributed by atoms with E-state index in [1.807, 2.05) is 0 Å². The number of nitrogens with zero attached hydrogens (tertiary/aromatic N) is 1. The number of ether oxygens (including phenoxy) is 1. The predicted molar refractivity (Wildman–Crippen MR) is 68.8 cm³/mol. The standard InChI is InChI=1S/C13H28N2O/c1-5-16-10-11(2)14-12-7-6-8-13(9-12)15(3)4/h11-14H,5-10H2,1-4H3. The lowest BCUT2D eigenvalue weighted by atomic mass is 9.90. The van der Waals surface area contributed by atoms with Crippen molar-refractivity contribution < 1.29 is 4.74 Å². The summed E-state index contributed by atoms with van der Waals surface area (Å²) in [6.07, 6.45) is 5.30. The summed E-state index contributed by atoms with van der Waals surface area (Å²) in [5.41, 5.74) is 0. The molecular weight excluding hydrogens is 200 g/mol. The molecule has 0 amide bonds. The fourth-order valence-corrected chi connectivity index (χ4v) is 2.53. The van der Waals surface area contributed by atoms with Crippen molar-refractivity contribution in [2.24, 2.45) is 0 Å². The van der Waals surface area contributed by atoms with E-state index < -0.39 is 0 Å². The molecule has 1 N–H and O–H groups in total. The molecule has 1 aliphatic carbocycles. The van der Waals surface area contributed by atoms with Crippen LogP contribution in [-0.4, -0.2) is 50.3 Å². The molecule has 0 bridgehead atoms. The van der Waals surface area contributed by atoms with Crippen molar-refractivity contribution >= 4 is 0 Å². The monoisotopic (exact) mass is 228 g/mol. The summed E-state index contributed by atoms with van der Waals surface area (Å²) in [7, 11) is 4.38. The van der Waals surface area contributed by atoms with Crippen LogP contribution >= 0.6 is 0 Å². The summed E-state index contributed by atoms with van der Waals surface area (Å²) >= 11 is 0. The van der Waals surface area contributed by atoms with Crippen molar-refractivity contribution in [1.29, 1.82) is 0 Å². The SMILES string of the molecule is CCOCC(C)NC1CCCC(N(C)C)C1. The second kappa shape index (κ2) is 7.25. The van der Waals surface area contributed by atoms with Gasteiger partial charge < -0.3 is 15.0 Å². The Morgan fingerprint density at radius 1 is 1.38 bits per heavy atom. The lowest BCUT2D eigenvalue weighted by Gasteiger charge is -2.35. The maximum absolute atomic E-state index is 5.44. The van der Waals surface area contributed by atoms with Crippen LogP contribution < -0.4 is 5.32 Å². The van der Waals surface area contributed by atoms with Gasteiger partial charge in [-0.25, -0.2) is 0 Å². The first-order valence-electron chi connectivity index (χ1n) is 6.63. The molecule has 3 atom stereocenters. The normalized spacial score (nSPS) is 28.3. The molecule has 0 spiro atoms. The third kappa shape index (κ3) is 4.81. The Labute approximate surface area is 101 Å². The molecule has 3 unspecified atom stereocenters. The molecule has 1 rings (SSSR count). The van der Waals surface area contributed by atoms with E-state index in [0.29, 0.717) is 12.1 Å². The highest BCUT2D eigenvalue weighted by Crippen LogP contribution is 2.21. The van der Waals surface area contributed by atoms with Crippen molar-refractivity contribution in [2.75, 3.05) is 27.3 Å². The van der Waals surface area contributed by atoms with Gasteiger partial charge in [-0.1, -0.05) is 6.42 Å². The van der Waals surface area contributed by atoms with Crippen LogP contribution in [0.4, 0.5) is 0 Å². The van der Waals surface area contributed by atoms with Crippen LogP contribution in [0.2, 0.25) is 0 Å². The van der Waals surface area contributed by atoms with E-state index in [1.54, 1.807) is 0 Å². The average Bonchev–Trinajstić information content (AvgIpc) is 2.26. The molecule has 0 heterocycles. The van der Waals surface area contributed by atoms with Gasteiger partial charge in [-0.15, -0.1) is 0 Å². The molecule has 0 aromatic carbocycles. The Morgan fingerprint density at radius 3 is 2.75 bits per heavy atom. The summed E-state index contributed by atoms with van der Waals surface area (Å²) in [6.45, 7) is 5.92. The van der Waals surface area contributed by atoms with E-state index in [4.69, 9.17) is 4.74 Å². The molecule has 0 saturated heterocycles. The molecule has 0 aromatic heterocycles. The Kier molecular flexibility index (Phi) is 6.32. The lowest BCUT2D eigenvalue weighted by Crippen LogP contribution is -2.45. The van der Waals surface area contributed by atoms with Crippen molar-refractivity contribution in [2.45, 2.75) is 57.7 Å². The summed E-state index contributed by atoms with van der Waals surface area (Å²) in [6, 6.07) is 1.91. The molecule has 1 aliphatic rings. The first-order chi connectivity index (χ1) is 7.63. The molecule has 0 radical (unpaired) electrons. The van der Waals surface area contributed by atoms with Crippen molar-refractivity contribution in [3.05, 3.63) is 0 Å². The quantitative estimate of drug-likeness (QED) is 0.751. The molecule has 0 aliphatic heterocycles. The Bertz CT molecular complexity index is 185. The zero-order valence-electron chi connectivity index (χ0n) is 11.3. The fraction of sp³-hybridized carbons (Fsp3) is 1.00. The van der Waals surface area contributed by atoms with E-state index >= 15 is 0 Å². The maximum Gasteiger partial charge on any atom is 0.0616 e. The molecule has 0 aromatic rings. The third-order valence-corrected chi connectivity index (χ3v) is 3.47. The summed E-state index contributed by atoms with van der Waals surface area (Å²) in [4.78, 5) is 2.36. The van der Waals surface area contributed by atoms with E-state index in [9.17, 15) is 0 Å². The van der Waals surface area contributed by atoms with Gasteiger partial charge in [0.15, 0.2) is 0 Å². The molecule has 3 heteroatoms. The van der Waals surface area contributed by atoms with Crippen LogP contribution in [0.25, 0.3) is 0 Å². The van der Waals surface area contributed by atoms with Gasteiger partial charge in [-0.3, -0.25) is 0 Å². The largest absolute Gasteiger partial charge is 0.380 e. The zero-order chi connectivity index (χ0) is 12.0. The van der Waals surface area contributed by atoms with E-state index in [0.717, 1.165) is 19.3 Å².